The van der Waals surface area contributed by atoms with Gasteiger partial charge < -0.3 is 39.4 Å². The van der Waals surface area contributed by atoms with Crippen LogP contribution in [0.3, 0.4) is 0 Å². The summed E-state index contributed by atoms with van der Waals surface area (Å²) < 4.78 is 22.1. The van der Waals surface area contributed by atoms with Crippen LogP contribution in [0.15, 0.2) is 24.0 Å². The van der Waals surface area contributed by atoms with Gasteiger partial charge in [0.25, 0.3) is 0 Å². The molecule has 1 heterocycles. The number of hydrogen-bond acceptors (Lipinski definition) is 10. The molecule has 5 rings (SSSR count). The van der Waals surface area contributed by atoms with Gasteiger partial charge in [-0.3, -0.25) is 9.59 Å². The smallest absolute Gasteiger partial charge is 0.345 e. The van der Waals surface area contributed by atoms with Gasteiger partial charge in [-0.25, -0.2) is 9.59 Å². The fourth-order valence-electron chi connectivity index (χ4n) is 6.94. The first-order valence-electron chi connectivity index (χ1n) is 12.8. The maximum absolute atomic E-state index is 12.8. The minimum absolute atomic E-state index is 0.0396. The van der Waals surface area contributed by atoms with Gasteiger partial charge in [0.2, 0.25) is 6.10 Å². The van der Waals surface area contributed by atoms with Crippen molar-refractivity contribution in [1.29, 1.82) is 0 Å². The van der Waals surface area contributed by atoms with Crippen molar-refractivity contribution in [3.63, 3.8) is 0 Å². The van der Waals surface area contributed by atoms with E-state index in [1.165, 1.54) is 7.11 Å². The molecule has 2 bridgehead atoms. The Labute approximate surface area is 223 Å². The minimum atomic E-state index is -2.09. The van der Waals surface area contributed by atoms with Crippen LogP contribution < -0.4 is 9.47 Å². The van der Waals surface area contributed by atoms with Gasteiger partial charge in [-0.05, 0) is 55.2 Å². The van der Waals surface area contributed by atoms with E-state index in [4.69, 9.17) is 24.4 Å². The molecule has 1 unspecified atom stereocenters. The van der Waals surface area contributed by atoms with Crippen LogP contribution in [-0.4, -0.2) is 75.3 Å². The molecule has 0 aromatic heterocycles. The normalized spacial score (nSPS) is 31.1. The number of aliphatic hydroxyl groups excluding tert-OH is 1. The van der Waals surface area contributed by atoms with Crippen molar-refractivity contribution in [3.05, 3.63) is 35.1 Å². The zero-order valence-electron chi connectivity index (χ0n) is 21.4. The summed E-state index contributed by atoms with van der Waals surface area (Å²) in [4.78, 5) is 46.9. The number of hydrogen-bond donors (Lipinski definition) is 4. The lowest BCUT2D eigenvalue weighted by Gasteiger charge is -2.61. The van der Waals surface area contributed by atoms with Crippen molar-refractivity contribution in [2.24, 2.45) is 11.8 Å². The minimum Gasteiger partial charge on any atom is -0.493 e. The zero-order chi connectivity index (χ0) is 28.3. The lowest BCUT2D eigenvalue weighted by atomic mass is 9.45. The molecule has 1 spiro atoms. The number of esters is 2. The highest BCUT2D eigenvalue weighted by Crippen LogP contribution is 2.68. The Bertz CT molecular complexity index is 1270. The Morgan fingerprint density at radius 2 is 1.92 bits per heavy atom. The third-order valence-corrected chi connectivity index (χ3v) is 8.69. The van der Waals surface area contributed by atoms with Crippen LogP contribution in [0.2, 0.25) is 0 Å². The summed E-state index contributed by atoms with van der Waals surface area (Å²) in [5.74, 6) is -4.36. The van der Waals surface area contributed by atoms with Crippen LogP contribution in [-0.2, 0) is 40.5 Å². The average Bonchev–Trinajstić information content (AvgIpc) is 3.22. The van der Waals surface area contributed by atoms with E-state index in [-0.39, 0.29) is 24.0 Å². The second-order valence-electron chi connectivity index (χ2n) is 10.7. The van der Waals surface area contributed by atoms with E-state index < -0.39 is 66.0 Å². The zero-order valence-corrected chi connectivity index (χ0v) is 21.4. The molecule has 1 aromatic rings. The molecule has 1 aromatic carbocycles. The molecular weight excluding hydrogens is 516 g/mol. The average molecular weight is 547 g/mol. The van der Waals surface area contributed by atoms with E-state index in [9.17, 15) is 29.4 Å². The fraction of sp³-hybridized carbons (Fsp3) is 0.556. The highest BCUT2D eigenvalue weighted by Gasteiger charge is 2.72. The molecule has 12 nitrogen and oxygen atoms in total. The summed E-state index contributed by atoms with van der Waals surface area (Å²) in [6.07, 6.45) is -2.94. The number of methoxy groups -OCH3 is 1. The number of carbonyl (C=O) groups is 4. The van der Waals surface area contributed by atoms with E-state index in [1.807, 2.05) is 12.1 Å². The number of carbonyl (C=O) groups excluding carboxylic acids is 2. The molecule has 0 saturated heterocycles. The summed E-state index contributed by atoms with van der Waals surface area (Å²) in [7, 11) is 1.52. The van der Waals surface area contributed by atoms with Crippen LogP contribution in [0.4, 0.5) is 0 Å². The Kier molecular flexibility index (Phi) is 6.58. The largest absolute Gasteiger partial charge is 0.493 e. The summed E-state index contributed by atoms with van der Waals surface area (Å²) >= 11 is 0. The Balaban J connectivity index is 1.38. The van der Waals surface area contributed by atoms with Crippen molar-refractivity contribution >= 4 is 23.9 Å². The van der Waals surface area contributed by atoms with Crippen LogP contribution in [0.5, 0.6) is 11.5 Å². The Morgan fingerprint density at radius 1 is 1.18 bits per heavy atom. The summed E-state index contributed by atoms with van der Waals surface area (Å²) in [6.45, 7) is 2.13. The molecule has 0 amide bonds. The Hall–Kier alpha value is -3.64. The van der Waals surface area contributed by atoms with E-state index in [0.717, 1.165) is 17.5 Å². The fourth-order valence-corrected chi connectivity index (χ4v) is 6.94. The molecule has 1 saturated carbocycles. The Morgan fingerprint density at radius 3 is 2.59 bits per heavy atom. The van der Waals surface area contributed by atoms with E-state index >= 15 is 0 Å². The highest BCUT2D eigenvalue weighted by molar-refractivity contribution is 5.86. The van der Waals surface area contributed by atoms with Crippen LogP contribution in [0.1, 0.15) is 50.2 Å². The number of aliphatic carboxylic acids is 2. The van der Waals surface area contributed by atoms with Gasteiger partial charge >= 0.3 is 23.9 Å². The molecule has 210 valence electrons. The van der Waals surface area contributed by atoms with Crippen molar-refractivity contribution in [2.45, 2.75) is 74.8 Å². The summed E-state index contributed by atoms with van der Waals surface area (Å²) in [5, 5.41) is 40.2. The summed E-state index contributed by atoms with van der Waals surface area (Å²) in [5.41, 5.74) is -0.111. The van der Waals surface area contributed by atoms with E-state index in [1.54, 1.807) is 6.08 Å². The lowest BCUT2D eigenvalue weighted by molar-refractivity contribution is -0.176. The van der Waals surface area contributed by atoms with Gasteiger partial charge in [-0.1, -0.05) is 13.0 Å². The molecule has 1 aliphatic heterocycles. The van der Waals surface area contributed by atoms with Gasteiger partial charge in [0.1, 0.15) is 5.76 Å². The molecule has 3 aliphatic carbocycles. The molecule has 4 aliphatic rings. The number of carboxylic acid groups (broad SMARTS) is 2. The quantitative estimate of drug-likeness (QED) is 0.323. The van der Waals surface area contributed by atoms with Crippen LogP contribution in [0, 0.1) is 11.8 Å². The van der Waals surface area contributed by atoms with Gasteiger partial charge in [-0.2, -0.15) is 0 Å². The molecule has 7 atom stereocenters. The van der Waals surface area contributed by atoms with Gasteiger partial charge in [0.05, 0.1) is 31.0 Å². The maximum Gasteiger partial charge on any atom is 0.345 e. The van der Waals surface area contributed by atoms with Crippen LogP contribution in [0.25, 0.3) is 0 Å². The lowest BCUT2D eigenvalue weighted by Crippen LogP contribution is -2.69. The summed E-state index contributed by atoms with van der Waals surface area (Å²) in [6, 6.07) is 3.80. The molecule has 1 fully saturated rings. The maximum atomic E-state index is 12.8. The van der Waals surface area contributed by atoms with Crippen molar-refractivity contribution < 1.29 is 58.6 Å². The third kappa shape index (κ3) is 4.04. The topological polar surface area (TPSA) is 186 Å². The number of ether oxygens (including phenoxy) is 4. The third-order valence-electron chi connectivity index (χ3n) is 8.69. The number of carboxylic acids is 2. The predicted molar refractivity (Wildman–Crippen MR) is 129 cm³/mol. The number of benzene rings is 1. The molecule has 39 heavy (non-hydrogen) atoms. The second-order valence-corrected chi connectivity index (χ2v) is 10.7. The number of aliphatic hydroxyl groups is 2. The van der Waals surface area contributed by atoms with E-state index in [0.29, 0.717) is 24.3 Å². The predicted octanol–water partition coefficient (Wildman–Crippen LogP) is 1.08. The molecule has 4 N–H and O–H groups in total. The van der Waals surface area contributed by atoms with Gasteiger partial charge in [-0.15, -0.1) is 0 Å². The van der Waals surface area contributed by atoms with Gasteiger partial charge in [0.15, 0.2) is 23.7 Å². The second kappa shape index (κ2) is 9.53. The number of rotatable bonds is 9. The van der Waals surface area contributed by atoms with Crippen LogP contribution >= 0.6 is 0 Å². The SMILES string of the molecule is COc1ccc2c3c1O[C@H]1C(OC(=O)C[C@H](O)C(=O)O[C@H](CC(=O)O)C(=O)O)=CC[C@@]4(O)[C@@H](C2)C(C)CC[C@]314. The monoisotopic (exact) mass is 546 g/mol. The molecule has 12 heteroatoms. The molecule has 0 radical (unpaired) electrons. The van der Waals surface area contributed by atoms with Crippen molar-refractivity contribution in [3.8, 4) is 11.5 Å². The van der Waals surface area contributed by atoms with Crippen molar-refractivity contribution in [2.75, 3.05) is 7.11 Å². The highest BCUT2D eigenvalue weighted by atomic mass is 16.6. The standard InChI is InChI=1S/C27H30O12/c1-12-5-7-26-21-13-3-4-16(36-2)22(21)39-23(26)17(6-8-27(26,35)14(12)9-13)37-20(31)10-15(28)25(34)38-18(24(32)33)11-19(29)30/h3-4,6,12,14-15,18,23,28,35H,5,7-11H2,1-2H3,(H,29,30)(H,32,33)/t12?,14-,15-,18+,23-,26-,27+/m0/s1. The molecular formula is C27H30O12. The van der Waals surface area contributed by atoms with E-state index in [2.05, 4.69) is 11.7 Å². The first-order chi connectivity index (χ1) is 18.4. The van der Waals surface area contributed by atoms with Crippen molar-refractivity contribution in [1.82, 2.24) is 0 Å². The van der Waals surface area contributed by atoms with Gasteiger partial charge in [0, 0.05) is 5.56 Å². The first kappa shape index (κ1) is 26.9. The first-order valence-corrected chi connectivity index (χ1v) is 12.8.